The first-order valence-corrected chi connectivity index (χ1v) is 7.13. The molecule has 0 saturated heterocycles. The molecule has 0 unspecified atom stereocenters. The molecule has 0 N–H and O–H groups in total. The standard InChI is InChI=1S/C16H23NO3/c1-4-5-6-11-20-15-9-7-14(8-10-15)12-16(13(2)3)17(18)19/h7-10,12-13H,4-6,11H2,1-3H3/b16-12-. The molecule has 0 amide bonds. The van der Waals surface area contributed by atoms with E-state index in [0.29, 0.717) is 0 Å². The van der Waals surface area contributed by atoms with Crippen LogP contribution in [0.4, 0.5) is 0 Å². The maximum Gasteiger partial charge on any atom is 0.249 e. The van der Waals surface area contributed by atoms with Crippen molar-refractivity contribution in [3.8, 4) is 5.75 Å². The fraction of sp³-hybridized carbons (Fsp3) is 0.500. The lowest BCUT2D eigenvalue weighted by Crippen LogP contribution is -2.05. The Labute approximate surface area is 120 Å². The second kappa shape index (κ2) is 8.35. The molecule has 0 atom stereocenters. The second-order valence-corrected chi connectivity index (χ2v) is 5.11. The summed E-state index contributed by atoms with van der Waals surface area (Å²) in [7, 11) is 0. The van der Waals surface area contributed by atoms with Crippen LogP contribution in [-0.4, -0.2) is 11.5 Å². The Bertz CT molecular complexity index is 449. The zero-order chi connectivity index (χ0) is 15.0. The van der Waals surface area contributed by atoms with Crippen LogP contribution < -0.4 is 4.74 Å². The molecule has 0 saturated carbocycles. The van der Waals surface area contributed by atoms with Crippen LogP contribution >= 0.6 is 0 Å². The fourth-order valence-electron chi connectivity index (χ4n) is 1.80. The first-order chi connectivity index (χ1) is 9.54. The van der Waals surface area contributed by atoms with Crippen LogP contribution in [0.5, 0.6) is 5.75 Å². The molecule has 0 aliphatic heterocycles. The van der Waals surface area contributed by atoms with Crippen molar-refractivity contribution < 1.29 is 9.66 Å². The largest absolute Gasteiger partial charge is 0.494 e. The van der Waals surface area contributed by atoms with Crippen molar-refractivity contribution in [1.82, 2.24) is 0 Å². The summed E-state index contributed by atoms with van der Waals surface area (Å²) in [6.45, 7) is 6.51. The number of hydrogen-bond donors (Lipinski definition) is 0. The molecule has 0 aliphatic rings. The van der Waals surface area contributed by atoms with Crippen LogP contribution in [0.1, 0.15) is 45.6 Å². The summed E-state index contributed by atoms with van der Waals surface area (Å²) in [6.07, 6.45) is 5.01. The molecule has 0 bridgehead atoms. The molecule has 4 nitrogen and oxygen atoms in total. The number of nitrogens with zero attached hydrogens (tertiary/aromatic N) is 1. The van der Waals surface area contributed by atoms with Gasteiger partial charge in [-0.3, -0.25) is 10.1 Å². The SMILES string of the molecule is CCCCCOc1ccc(/C=C(/C(C)C)[N+](=O)[O-])cc1. The van der Waals surface area contributed by atoms with Gasteiger partial charge in [-0.2, -0.15) is 0 Å². The van der Waals surface area contributed by atoms with E-state index in [-0.39, 0.29) is 16.5 Å². The van der Waals surface area contributed by atoms with Crippen LogP contribution in [-0.2, 0) is 0 Å². The van der Waals surface area contributed by atoms with Gasteiger partial charge < -0.3 is 4.74 Å². The predicted molar refractivity (Wildman–Crippen MR) is 81.3 cm³/mol. The minimum atomic E-state index is -0.320. The van der Waals surface area contributed by atoms with E-state index in [1.54, 1.807) is 6.08 Å². The maximum atomic E-state index is 10.9. The molecule has 0 spiro atoms. The highest BCUT2D eigenvalue weighted by Crippen LogP contribution is 2.18. The molecule has 110 valence electrons. The van der Waals surface area contributed by atoms with E-state index in [2.05, 4.69) is 6.92 Å². The van der Waals surface area contributed by atoms with Crippen molar-refractivity contribution in [3.63, 3.8) is 0 Å². The lowest BCUT2D eigenvalue weighted by Gasteiger charge is -2.06. The number of unbranched alkanes of at least 4 members (excludes halogenated alkanes) is 2. The van der Waals surface area contributed by atoms with Gasteiger partial charge in [0.05, 0.1) is 11.5 Å². The number of benzene rings is 1. The highest BCUT2D eigenvalue weighted by molar-refractivity contribution is 5.52. The van der Waals surface area contributed by atoms with Crippen LogP contribution in [0.25, 0.3) is 6.08 Å². The summed E-state index contributed by atoms with van der Waals surface area (Å²) >= 11 is 0. The number of ether oxygens (including phenoxy) is 1. The molecule has 20 heavy (non-hydrogen) atoms. The molecule has 1 aromatic rings. The number of nitro groups is 1. The summed E-state index contributed by atoms with van der Waals surface area (Å²) in [5, 5.41) is 10.9. The van der Waals surface area contributed by atoms with Gasteiger partial charge in [-0.05, 0) is 24.1 Å². The zero-order valence-electron chi connectivity index (χ0n) is 12.5. The molecule has 1 rings (SSSR count). The van der Waals surface area contributed by atoms with E-state index < -0.39 is 0 Å². The average Bonchev–Trinajstić information content (AvgIpc) is 2.41. The number of allylic oxidation sites excluding steroid dienone is 1. The molecule has 1 aromatic carbocycles. The van der Waals surface area contributed by atoms with Crippen LogP contribution in [0.15, 0.2) is 30.0 Å². The highest BCUT2D eigenvalue weighted by Gasteiger charge is 2.15. The summed E-state index contributed by atoms with van der Waals surface area (Å²) in [4.78, 5) is 10.6. The molecular formula is C16H23NO3. The molecule has 0 aromatic heterocycles. The van der Waals surface area contributed by atoms with Gasteiger partial charge in [0.25, 0.3) is 0 Å². The van der Waals surface area contributed by atoms with E-state index in [1.807, 2.05) is 38.1 Å². The second-order valence-electron chi connectivity index (χ2n) is 5.11. The lowest BCUT2D eigenvalue weighted by atomic mass is 10.1. The van der Waals surface area contributed by atoms with Gasteiger partial charge in [0, 0.05) is 12.0 Å². The first kappa shape index (κ1) is 16.2. The van der Waals surface area contributed by atoms with E-state index >= 15 is 0 Å². The van der Waals surface area contributed by atoms with Gasteiger partial charge in [0.1, 0.15) is 5.75 Å². The van der Waals surface area contributed by atoms with Crippen LogP contribution in [0.3, 0.4) is 0 Å². The van der Waals surface area contributed by atoms with Crippen molar-refractivity contribution in [2.75, 3.05) is 6.61 Å². The van der Waals surface area contributed by atoms with E-state index in [0.717, 1.165) is 24.3 Å². The third kappa shape index (κ3) is 5.43. The highest BCUT2D eigenvalue weighted by atomic mass is 16.6. The van der Waals surface area contributed by atoms with Gasteiger partial charge >= 0.3 is 0 Å². The summed E-state index contributed by atoms with van der Waals surface area (Å²) < 4.78 is 5.61. The van der Waals surface area contributed by atoms with Crippen molar-refractivity contribution in [1.29, 1.82) is 0 Å². The Hall–Kier alpha value is -1.84. The summed E-state index contributed by atoms with van der Waals surface area (Å²) in [5.74, 6) is 0.709. The van der Waals surface area contributed by atoms with Gasteiger partial charge in [-0.25, -0.2) is 0 Å². The van der Waals surface area contributed by atoms with E-state index in [9.17, 15) is 10.1 Å². The minimum absolute atomic E-state index is 0.102. The van der Waals surface area contributed by atoms with Crippen molar-refractivity contribution >= 4 is 6.08 Å². The van der Waals surface area contributed by atoms with Gasteiger partial charge in [-0.1, -0.05) is 45.7 Å². The molecular weight excluding hydrogens is 254 g/mol. The maximum absolute atomic E-state index is 10.9. The number of rotatable bonds is 8. The Morgan fingerprint density at radius 1 is 1.30 bits per heavy atom. The molecule has 0 heterocycles. The predicted octanol–water partition coefficient (Wildman–Crippen LogP) is 4.53. The third-order valence-electron chi connectivity index (χ3n) is 3.01. The average molecular weight is 277 g/mol. The third-order valence-corrected chi connectivity index (χ3v) is 3.01. The zero-order valence-corrected chi connectivity index (χ0v) is 12.5. The van der Waals surface area contributed by atoms with Crippen molar-refractivity contribution in [3.05, 3.63) is 45.6 Å². The summed E-state index contributed by atoms with van der Waals surface area (Å²) in [5.41, 5.74) is 1.05. The Morgan fingerprint density at radius 3 is 2.45 bits per heavy atom. The number of hydrogen-bond acceptors (Lipinski definition) is 3. The van der Waals surface area contributed by atoms with Gasteiger partial charge in [0.2, 0.25) is 5.70 Å². The molecule has 4 heteroatoms. The molecule has 0 radical (unpaired) electrons. The smallest absolute Gasteiger partial charge is 0.249 e. The molecule has 0 aliphatic carbocycles. The summed E-state index contributed by atoms with van der Waals surface area (Å²) in [6, 6.07) is 7.41. The van der Waals surface area contributed by atoms with Gasteiger partial charge in [-0.15, -0.1) is 0 Å². The van der Waals surface area contributed by atoms with Gasteiger partial charge in [0.15, 0.2) is 0 Å². The topological polar surface area (TPSA) is 52.4 Å². The Kier molecular flexibility index (Phi) is 6.77. The first-order valence-electron chi connectivity index (χ1n) is 7.13. The van der Waals surface area contributed by atoms with Crippen LogP contribution in [0.2, 0.25) is 0 Å². The van der Waals surface area contributed by atoms with Crippen LogP contribution in [0, 0.1) is 16.0 Å². The van der Waals surface area contributed by atoms with E-state index in [4.69, 9.17) is 4.74 Å². The fourth-order valence-corrected chi connectivity index (χ4v) is 1.80. The molecule has 0 fully saturated rings. The minimum Gasteiger partial charge on any atom is -0.494 e. The van der Waals surface area contributed by atoms with E-state index in [1.165, 1.54) is 12.8 Å². The van der Waals surface area contributed by atoms with Crippen molar-refractivity contribution in [2.24, 2.45) is 5.92 Å². The Balaban J connectivity index is 2.66. The quantitative estimate of drug-likeness (QED) is 0.398. The van der Waals surface area contributed by atoms with Crippen molar-refractivity contribution in [2.45, 2.75) is 40.0 Å². The Morgan fingerprint density at radius 2 is 1.95 bits per heavy atom. The monoisotopic (exact) mass is 277 g/mol. The lowest BCUT2D eigenvalue weighted by molar-refractivity contribution is -0.431. The normalized spacial score (nSPS) is 11.7.